The Morgan fingerprint density at radius 2 is 2.23 bits per heavy atom. The van der Waals surface area contributed by atoms with Crippen molar-refractivity contribution in [2.24, 2.45) is 5.16 Å². The molecule has 1 aliphatic rings. The van der Waals surface area contributed by atoms with Gasteiger partial charge in [0.2, 0.25) is 5.84 Å². The number of nitrogens with one attached hydrogen (secondary N) is 1. The average Bonchev–Trinajstić information content (AvgIpc) is 3.25. The van der Waals surface area contributed by atoms with Crippen molar-refractivity contribution in [3.8, 4) is 0 Å². The minimum Gasteiger partial charge on any atom is -0.409 e. The number of ether oxygens (including phenoxy) is 1. The summed E-state index contributed by atoms with van der Waals surface area (Å²) in [5, 5.41) is 23.2. The molecule has 1 fully saturated rings. The van der Waals surface area contributed by atoms with Gasteiger partial charge < -0.3 is 15.3 Å². The third kappa shape index (κ3) is 7.00. The third-order valence-electron chi connectivity index (χ3n) is 4.36. The summed E-state index contributed by atoms with van der Waals surface area (Å²) in [5.41, 5.74) is 0.967. The number of amidine groups is 1. The molecule has 2 aromatic rings. The zero-order valence-corrected chi connectivity index (χ0v) is 18.2. The Hall–Kier alpha value is -2.00. The summed E-state index contributed by atoms with van der Waals surface area (Å²) in [6, 6.07) is 3.98. The molecule has 3 rings (SSSR count). The van der Waals surface area contributed by atoms with Crippen LogP contribution in [0.4, 0.5) is 10.1 Å². The average molecular weight is 477 g/mol. The summed E-state index contributed by atoms with van der Waals surface area (Å²) < 4.78 is 30.5. The molecule has 1 aromatic carbocycles. The highest BCUT2D eigenvalue weighted by molar-refractivity contribution is 7.92. The van der Waals surface area contributed by atoms with Crippen molar-refractivity contribution in [3.63, 3.8) is 0 Å². The van der Waals surface area contributed by atoms with Crippen molar-refractivity contribution in [3.05, 3.63) is 40.4 Å². The number of hydrogen-bond acceptors (Lipinski definition) is 11. The first-order valence-corrected chi connectivity index (χ1v) is 10.4. The molecular formula is C17H22ClFN6O5S. The normalized spacial score (nSPS) is 15.5. The number of halogens is 2. The van der Waals surface area contributed by atoms with E-state index in [1.807, 2.05) is 4.31 Å². The van der Waals surface area contributed by atoms with Crippen LogP contribution in [0.5, 0.6) is 0 Å². The Labute approximate surface area is 187 Å². The number of anilines is 1. The Bertz CT molecular complexity index is 869. The van der Waals surface area contributed by atoms with Crippen LogP contribution in [0.2, 0.25) is 5.02 Å². The van der Waals surface area contributed by atoms with Crippen molar-refractivity contribution in [2.75, 3.05) is 51.8 Å². The van der Waals surface area contributed by atoms with Crippen molar-refractivity contribution in [1.82, 2.24) is 19.5 Å². The Morgan fingerprint density at radius 1 is 1.42 bits per heavy atom. The van der Waals surface area contributed by atoms with E-state index in [0.29, 0.717) is 31.1 Å². The van der Waals surface area contributed by atoms with Gasteiger partial charge in [0.05, 0.1) is 31.9 Å². The van der Waals surface area contributed by atoms with Gasteiger partial charge in [0.15, 0.2) is 5.69 Å². The molecule has 1 aliphatic heterocycles. The zero-order chi connectivity index (χ0) is 22.1. The predicted octanol–water partition coefficient (Wildman–Crippen LogP) is 2.39. The van der Waals surface area contributed by atoms with Crippen LogP contribution in [0.15, 0.2) is 28.0 Å². The zero-order valence-electron chi connectivity index (χ0n) is 16.7. The molecule has 0 unspecified atom stereocenters. The molecule has 31 heavy (non-hydrogen) atoms. The number of nitrogens with zero attached hydrogens (tertiary/aromatic N) is 5. The van der Waals surface area contributed by atoms with E-state index >= 15 is 0 Å². The largest absolute Gasteiger partial charge is 0.409 e. The lowest BCUT2D eigenvalue weighted by molar-refractivity contribution is -0.163. The van der Waals surface area contributed by atoms with Crippen LogP contribution in [-0.2, 0) is 20.5 Å². The molecule has 0 radical (unpaired) electrons. The molecular weight excluding hydrogens is 455 g/mol. The van der Waals surface area contributed by atoms with Crippen LogP contribution in [0, 0.1) is 5.82 Å². The van der Waals surface area contributed by atoms with Gasteiger partial charge in [0.1, 0.15) is 23.7 Å². The van der Waals surface area contributed by atoms with Gasteiger partial charge in [-0.15, -0.1) is 4.33 Å². The molecule has 0 bridgehead atoms. The smallest absolute Gasteiger partial charge is 0.201 e. The van der Waals surface area contributed by atoms with Crippen molar-refractivity contribution in [2.45, 2.75) is 6.54 Å². The van der Waals surface area contributed by atoms with Crippen molar-refractivity contribution < 1.29 is 28.2 Å². The van der Waals surface area contributed by atoms with E-state index in [2.05, 4.69) is 25.7 Å². The van der Waals surface area contributed by atoms with Crippen molar-refractivity contribution >= 4 is 35.4 Å². The molecule has 0 aliphatic carbocycles. The Kier molecular flexibility index (Phi) is 9.27. The molecule has 0 spiro atoms. The summed E-state index contributed by atoms with van der Waals surface area (Å²) in [6.45, 7) is 4.76. The fourth-order valence-electron chi connectivity index (χ4n) is 2.79. The maximum absolute atomic E-state index is 13.4. The van der Waals surface area contributed by atoms with Crippen LogP contribution >= 0.6 is 23.8 Å². The fourth-order valence-corrected chi connectivity index (χ4v) is 3.45. The topological polar surface area (TPSA) is 118 Å². The first-order chi connectivity index (χ1) is 15.1. The van der Waals surface area contributed by atoms with E-state index in [9.17, 15) is 9.60 Å². The molecule has 0 saturated carbocycles. The van der Waals surface area contributed by atoms with E-state index in [4.69, 9.17) is 30.2 Å². The van der Waals surface area contributed by atoms with Crippen LogP contribution in [0.1, 0.15) is 11.4 Å². The molecule has 1 aromatic heterocycles. The highest BCUT2D eigenvalue weighted by Crippen LogP contribution is 2.21. The van der Waals surface area contributed by atoms with Gasteiger partial charge in [0, 0.05) is 31.9 Å². The molecule has 0 atom stereocenters. The first kappa shape index (κ1) is 23.7. The van der Waals surface area contributed by atoms with Crippen molar-refractivity contribution in [1.29, 1.82) is 0 Å². The van der Waals surface area contributed by atoms with Gasteiger partial charge >= 0.3 is 0 Å². The highest BCUT2D eigenvalue weighted by atomic mass is 35.5. The fraction of sp³-hybridized carbons (Fsp3) is 0.471. The summed E-state index contributed by atoms with van der Waals surface area (Å²) in [4.78, 5) is 6.96. The third-order valence-corrected chi connectivity index (χ3v) is 5.37. The number of benzene rings is 1. The lowest BCUT2D eigenvalue weighted by Crippen LogP contribution is -2.40. The second-order valence-corrected chi connectivity index (χ2v) is 7.60. The molecule has 11 nitrogen and oxygen atoms in total. The number of morpholine rings is 1. The molecule has 2 heterocycles. The Balaban J connectivity index is 1.68. The van der Waals surface area contributed by atoms with Crippen LogP contribution in [0.3, 0.4) is 0 Å². The highest BCUT2D eigenvalue weighted by Gasteiger charge is 2.22. The monoisotopic (exact) mass is 476 g/mol. The van der Waals surface area contributed by atoms with Crippen LogP contribution < -0.4 is 5.32 Å². The Morgan fingerprint density at radius 3 is 2.94 bits per heavy atom. The number of hydrogen-bond donors (Lipinski definition) is 2. The lowest BCUT2D eigenvalue weighted by atomic mass is 10.2. The second-order valence-electron chi connectivity index (χ2n) is 6.39. The minimum atomic E-state index is -0.565. The van der Waals surface area contributed by atoms with Gasteiger partial charge in [-0.25, -0.2) is 18.2 Å². The van der Waals surface area contributed by atoms with Crippen LogP contribution in [0.25, 0.3) is 0 Å². The van der Waals surface area contributed by atoms with Gasteiger partial charge in [-0.3, -0.25) is 4.90 Å². The maximum Gasteiger partial charge on any atom is 0.201 e. The molecule has 0 amide bonds. The summed E-state index contributed by atoms with van der Waals surface area (Å²) in [5.74, 6) is -0.603. The molecule has 1 saturated heterocycles. The van der Waals surface area contributed by atoms with Gasteiger partial charge in [-0.2, -0.15) is 0 Å². The van der Waals surface area contributed by atoms with E-state index < -0.39 is 5.82 Å². The molecule has 14 heteroatoms. The first-order valence-electron chi connectivity index (χ1n) is 9.29. The van der Waals surface area contributed by atoms with E-state index in [1.165, 1.54) is 25.3 Å². The van der Waals surface area contributed by atoms with E-state index in [0.717, 1.165) is 31.9 Å². The summed E-state index contributed by atoms with van der Waals surface area (Å²) in [6.07, 6.45) is 0. The van der Waals surface area contributed by atoms with Gasteiger partial charge in [0.25, 0.3) is 0 Å². The molecule has 170 valence electrons. The van der Waals surface area contributed by atoms with E-state index in [1.54, 1.807) is 0 Å². The number of oxime groups is 1. The van der Waals surface area contributed by atoms with Gasteiger partial charge in [-0.1, -0.05) is 21.9 Å². The predicted molar refractivity (Wildman–Crippen MR) is 111 cm³/mol. The summed E-state index contributed by atoms with van der Waals surface area (Å²) >= 11 is 6.81. The lowest BCUT2D eigenvalue weighted by Gasteiger charge is -2.28. The minimum absolute atomic E-state index is 0.0373. The molecule has 2 N–H and O–H groups in total. The quantitative estimate of drug-likeness (QED) is 0.1000. The summed E-state index contributed by atoms with van der Waals surface area (Å²) in [7, 11) is 1.41. The second kappa shape index (κ2) is 12.1. The number of aromatic nitrogens is 2. The van der Waals surface area contributed by atoms with E-state index in [-0.39, 0.29) is 23.1 Å². The van der Waals surface area contributed by atoms with Gasteiger partial charge in [-0.05, 0) is 23.4 Å². The standard InChI is InChI=1S/C17H22ClFN6O5S/c1-27-30-31-25(5-4-24-6-8-28-9-7-24)11-15-16(23-29-22-15)17(21-26)20-12-2-3-14(19)13(18)10-12/h2-3,10,26H,4-9,11H2,1H3,(H,20,21). The number of rotatable bonds is 10. The van der Waals surface area contributed by atoms with Crippen LogP contribution in [-0.4, -0.2) is 77.1 Å². The maximum atomic E-state index is 13.4. The SMILES string of the molecule is COOSN(CCN1CCOCC1)Cc1nonc1C(=NO)Nc1ccc(F)c(Cl)c1.